The summed E-state index contributed by atoms with van der Waals surface area (Å²) in [6.45, 7) is 7.17. The third-order valence-corrected chi connectivity index (χ3v) is 4.55. The van der Waals surface area contributed by atoms with E-state index in [-0.39, 0.29) is 5.56 Å². The van der Waals surface area contributed by atoms with Crippen molar-refractivity contribution >= 4 is 5.82 Å². The molecule has 3 rings (SSSR count). The van der Waals surface area contributed by atoms with Crippen molar-refractivity contribution in [2.24, 2.45) is 0 Å². The van der Waals surface area contributed by atoms with Gasteiger partial charge in [0.2, 0.25) is 0 Å². The number of furan rings is 1. The molecule has 0 radical (unpaired) electrons. The summed E-state index contributed by atoms with van der Waals surface area (Å²) in [6.07, 6.45) is 7.19. The van der Waals surface area contributed by atoms with Gasteiger partial charge < -0.3 is 19.2 Å². The van der Waals surface area contributed by atoms with Gasteiger partial charge in [-0.05, 0) is 38.3 Å². The van der Waals surface area contributed by atoms with E-state index < -0.39 is 0 Å². The van der Waals surface area contributed by atoms with E-state index in [2.05, 4.69) is 22.1 Å². The molecule has 1 saturated heterocycles. The minimum absolute atomic E-state index is 0.00706. The quantitative estimate of drug-likeness (QED) is 0.913. The first-order valence-electron chi connectivity index (χ1n) is 8.25. The molecule has 1 fully saturated rings. The van der Waals surface area contributed by atoms with Crippen molar-refractivity contribution in [1.82, 2.24) is 14.9 Å². The van der Waals surface area contributed by atoms with E-state index >= 15 is 0 Å². The molecular weight excluding hydrogens is 292 g/mol. The molecule has 2 aromatic heterocycles. The Morgan fingerprint density at radius 3 is 2.83 bits per heavy atom. The van der Waals surface area contributed by atoms with E-state index in [0.717, 1.165) is 38.2 Å². The van der Waals surface area contributed by atoms with Gasteiger partial charge in [-0.2, -0.15) is 0 Å². The van der Waals surface area contributed by atoms with Crippen LogP contribution in [0.3, 0.4) is 0 Å². The fourth-order valence-corrected chi connectivity index (χ4v) is 3.02. The Balaban J connectivity index is 1.56. The molecular formula is C17H24N4O2. The van der Waals surface area contributed by atoms with Crippen LogP contribution < -0.4 is 15.8 Å². The highest BCUT2D eigenvalue weighted by atomic mass is 16.3. The Morgan fingerprint density at radius 2 is 2.17 bits per heavy atom. The number of aryl methyl sites for hydroxylation is 2. The van der Waals surface area contributed by atoms with Gasteiger partial charge in [-0.25, -0.2) is 4.98 Å². The molecule has 0 atom stereocenters. The van der Waals surface area contributed by atoms with Crippen LogP contribution in [0.2, 0.25) is 0 Å². The summed E-state index contributed by atoms with van der Waals surface area (Å²) in [7, 11) is 0. The van der Waals surface area contributed by atoms with Gasteiger partial charge in [0.25, 0.3) is 5.56 Å². The van der Waals surface area contributed by atoms with Crippen molar-refractivity contribution in [3.8, 4) is 0 Å². The second-order valence-corrected chi connectivity index (χ2v) is 6.01. The predicted molar refractivity (Wildman–Crippen MR) is 89.7 cm³/mol. The smallest absolute Gasteiger partial charge is 0.293 e. The molecule has 3 heterocycles. The molecule has 1 aliphatic rings. The van der Waals surface area contributed by atoms with E-state index in [0.29, 0.717) is 18.4 Å². The number of nitrogens with zero attached hydrogens (tertiary/aromatic N) is 3. The lowest BCUT2D eigenvalue weighted by Crippen LogP contribution is -2.44. The van der Waals surface area contributed by atoms with Crippen molar-refractivity contribution in [2.45, 2.75) is 45.8 Å². The number of nitrogens with one attached hydrogen (secondary N) is 1. The minimum atomic E-state index is 0.00706. The molecule has 124 valence electrons. The Hall–Kier alpha value is -2.08. The van der Waals surface area contributed by atoms with E-state index in [1.807, 2.05) is 13.0 Å². The van der Waals surface area contributed by atoms with Crippen LogP contribution in [-0.2, 0) is 13.1 Å². The molecule has 0 aliphatic carbocycles. The standard InChI is InChI=1S/C17H24N4O2/c1-3-20-10-7-18-16(17(20)22)21-8-4-14(5-9-21)19-12-15-13(2)6-11-23-15/h6-7,10-11,14,19H,3-5,8-9,12H2,1-2H3. The van der Waals surface area contributed by atoms with Crippen LogP contribution in [0.5, 0.6) is 0 Å². The lowest BCUT2D eigenvalue weighted by Gasteiger charge is -2.32. The Morgan fingerprint density at radius 1 is 1.39 bits per heavy atom. The summed E-state index contributed by atoms with van der Waals surface area (Å²) in [4.78, 5) is 18.7. The highest BCUT2D eigenvalue weighted by molar-refractivity contribution is 5.36. The molecule has 1 N–H and O–H groups in total. The van der Waals surface area contributed by atoms with Crippen molar-refractivity contribution in [1.29, 1.82) is 0 Å². The van der Waals surface area contributed by atoms with Gasteiger partial charge in [0.1, 0.15) is 5.76 Å². The summed E-state index contributed by atoms with van der Waals surface area (Å²) in [5, 5.41) is 3.55. The molecule has 0 saturated carbocycles. The number of rotatable bonds is 5. The van der Waals surface area contributed by atoms with Crippen molar-refractivity contribution in [3.63, 3.8) is 0 Å². The predicted octanol–water partition coefficient (Wildman–Crippen LogP) is 1.92. The van der Waals surface area contributed by atoms with Crippen LogP contribution in [0.15, 0.2) is 33.9 Å². The third kappa shape index (κ3) is 3.47. The molecule has 0 spiro atoms. The lowest BCUT2D eigenvalue weighted by molar-refractivity contribution is 0.386. The van der Waals surface area contributed by atoms with E-state index in [1.54, 1.807) is 23.2 Å². The largest absolute Gasteiger partial charge is 0.468 e. The average Bonchev–Trinajstić information content (AvgIpc) is 2.99. The maximum absolute atomic E-state index is 12.3. The number of hydrogen-bond acceptors (Lipinski definition) is 5. The van der Waals surface area contributed by atoms with Gasteiger partial charge in [-0.1, -0.05) is 0 Å². The van der Waals surface area contributed by atoms with Crippen molar-refractivity contribution in [2.75, 3.05) is 18.0 Å². The molecule has 1 aliphatic heterocycles. The molecule has 0 amide bonds. The molecule has 2 aromatic rings. The molecule has 6 nitrogen and oxygen atoms in total. The summed E-state index contributed by atoms with van der Waals surface area (Å²) in [5.74, 6) is 1.58. The Labute approximate surface area is 136 Å². The molecule has 0 bridgehead atoms. The first-order chi connectivity index (χ1) is 11.2. The van der Waals surface area contributed by atoms with E-state index in [9.17, 15) is 4.79 Å². The monoisotopic (exact) mass is 316 g/mol. The first kappa shape index (κ1) is 15.8. The summed E-state index contributed by atoms with van der Waals surface area (Å²) >= 11 is 0. The molecule has 0 aromatic carbocycles. The van der Waals surface area contributed by atoms with Gasteiger partial charge in [0.05, 0.1) is 12.8 Å². The Bertz CT molecular complexity index is 699. The fraction of sp³-hybridized carbons (Fsp3) is 0.529. The normalized spacial score (nSPS) is 16.0. The van der Waals surface area contributed by atoms with Crippen molar-refractivity contribution in [3.05, 3.63) is 46.4 Å². The fourth-order valence-electron chi connectivity index (χ4n) is 3.02. The number of aromatic nitrogens is 2. The SMILES string of the molecule is CCn1ccnc(N2CCC(NCc3occc3C)CC2)c1=O. The van der Waals surface area contributed by atoms with Crippen LogP contribution >= 0.6 is 0 Å². The van der Waals surface area contributed by atoms with Gasteiger partial charge in [-0.15, -0.1) is 0 Å². The number of piperidine rings is 1. The zero-order chi connectivity index (χ0) is 16.2. The lowest BCUT2D eigenvalue weighted by atomic mass is 10.0. The van der Waals surface area contributed by atoms with Gasteiger partial charge in [0.15, 0.2) is 5.82 Å². The summed E-state index contributed by atoms with van der Waals surface area (Å²) in [5.41, 5.74) is 1.19. The Kier molecular flexibility index (Phi) is 4.81. The van der Waals surface area contributed by atoms with Crippen LogP contribution in [0.4, 0.5) is 5.82 Å². The zero-order valence-electron chi connectivity index (χ0n) is 13.8. The number of hydrogen-bond donors (Lipinski definition) is 1. The van der Waals surface area contributed by atoms with E-state index in [4.69, 9.17) is 4.42 Å². The molecule has 0 unspecified atom stereocenters. The molecule has 23 heavy (non-hydrogen) atoms. The molecule has 6 heteroatoms. The second kappa shape index (κ2) is 7.00. The minimum Gasteiger partial charge on any atom is -0.468 e. The maximum atomic E-state index is 12.3. The van der Waals surface area contributed by atoms with Crippen LogP contribution in [0, 0.1) is 6.92 Å². The summed E-state index contributed by atoms with van der Waals surface area (Å²) < 4.78 is 7.16. The number of anilines is 1. The maximum Gasteiger partial charge on any atom is 0.293 e. The van der Waals surface area contributed by atoms with E-state index in [1.165, 1.54) is 5.56 Å². The van der Waals surface area contributed by atoms with Gasteiger partial charge in [-0.3, -0.25) is 4.79 Å². The first-order valence-corrected chi connectivity index (χ1v) is 8.25. The van der Waals surface area contributed by atoms with Crippen LogP contribution in [-0.4, -0.2) is 28.7 Å². The highest BCUT2D eigenvalue weighted by Crippen LogP contribution is 2.16. The van der Waals surface area contributed by atoms with Crippen LogP contribution in [0.1, 0.15) is 31.1 Å². The second-order valence-electron chi connectivity index (χ2n) is 6.01. The van der Waals surface area contributed by atoms with Gasteiger partial charge >= 0.3 is 0 Å². The zero-order valence-corrected chi connectivity index (χ0v) is 13.8. The van der Waals surface area contributed by atoms with Crippen molar-refractivity contribution < 1.29 is 4.42 Å². The topological polar surface area (TPSA) is 63.3 Å². The van der Waals surface area contributed by atoms with Crippen LogP contribution in [0.25, 0.3) is 0 Å². The highest BCUT2D eigenvalue weighted by Gasteiger charge is 2.22. The average molecular weight is 316 g/mol. The van der Waals surface area contributed by atoms with Gasteiger partial charge in [0, 0.05) is 38.1 Å². The summed E-state index contributed by atoms with van der Waals surface area (Å²) in [6, 6.07) is 2.44. The third-order valence-electron chi connectivity index (χ3n) is 4.55.